The van der Waals surface area contributed by atoms with Crippen molar-refractivity contribution in [3.8, 4) is 0 Å². The zero-order valence-corrected chi connectivity index (χ0v) is 9.88. The third-order valence-electron chi connectivity index (χ3n) is 1.89. The van der Waals surface area contributed by atoms with Crippen molar-refractivity contribution in [2.75, 3.05) is 0 Å². The molecule has 0 aliphatic heterocycles. The first-order valence-corrected chi connectivity index (χ1v) is 5.06. The molecule has 0 bridgehead atoms. The molecule has 1 aromatic carbocycles. The Morgan fingerprint density at radius 2 is 1.44 bits per heavy atom. The van der Waals surface area contributed by atoms with Crippen LogP contribution in [-0.2, 0) is 19.1 Å². The molecular formula is C12H12O6. The molecule has 0 unspecified atom stereocenters. The summed E-state index contributed by atoms with van der Waals surface area (Å²) in [6.45, 7) is 1.96. The highest BCUT2D eigenvalue weighted by Crippen LogP contribution is 2.17. The number of esters is 2. The molecule has 1 aromatic rings. The number of benzene rings is 1. The number of ether oxygens (including phenoxy) is 2. The van der Waals surface area contributed by atoms with E-state index in [1.165, 1.54) is 12.1 Å². The van der Waals surface area contributed by atoms with Crippen LogP contribution in [0.15, 0.2) is 30.3 Å². The number of hydrogen-bond donors (Lipinski definition) is 1. The van der Waals surface area contributed by atoms with Crippen LogP contribution in [0, 0.1) is 0 Å². The highest BCUT2D eigenvalue weighted by Gasteiger charge is 2.44. The summed E-state index contributed by atoms with van der Waals surface area (Å²) in [6, 6.07) is 7.54. The second-order valence-corrected chi connectivity index (χ2v) is 3.46. The van der Waals surface area contributed by atoms with Gasteiger partial charge in [0.05, 0.1) is 0 Å². The van der Waals surface area contributed by atoms with Crippen molar-refractivity contribution in [2.24, 2.45) is 0 Å². The van der Waals surface area contributed by atoms with Crippen molar-refractivity contribution in [1.29, 1.82) is 0 Å². The van der Waals surface area contributed by atoms with Crippen LogP contribution in [0.1, 0.15) is 24.2 Å². The molecule has 0 atom stereocenters. The quantitative estimate of drug-likeness (QED) is 0.480. The summed E-state index contributed by atoms with van der Waals surface area (Å²) in [5, 5.41) is 9.84. The number of carbonyl (C=O) groups is 3. The predicted octanol–water partition coefficient (Wildman–Crippen LogP) is 0.642. The van der Waals surface area contributed by atoms with Gasteiger partial charge in [0.1, 0.15) is 0 Å². The van der Waals surface area contributed by atoms with Crippen molar-refractivity contribution in [3.05, 3.63) is 35.9 Å². The fourth-order valence-electron chi connectivity index (χ4n) is 1.28. The van der Waals surface area contributed by atoms with Crippen LogP contribution < -0.4 is 0 Å². The third kappa shape index (κ3) is 3.39. The number of ketones is 1. The van der Waals surface area contributed by atoms with Crippen LogP contribution in [0.25, 0.3) is 0 Å². The standard InChI is InChI=1S/C12H12O6/c1-8(13)17-12(16,18-9(2)14)11(15)10-6-4-3-5-7-10/h3-7,16H,1-2H3. The maximum atomic E-state index is 11.9. The Morgan fingerprint density at radius 1 is 1.00 bits per heavy atom. The Kier molecular flexibility index (Phi) is 4.17. The molecule has 0 heterocycles. The lowest BCUT2D eigenvalue weighted by Crippen LogP contribution is -2.46. The molecule has 0 amide bonds. The molecule has 0 fully saturated rings. The van der Waals surface area contributed by atoms with E-state index in [1.54, 1.807) is 18.2 Å². The Balaban J connectivity index is 3.07. The molecule has 6 nitrogen and oxygen atoms in total. The molecule has 96 valence electrons. The van der Waals surface area contributed by atoms with Crippen molar-refractivity contribution < 1.29 is 29.0 Å². The monoisotopic (exact) mass is 252 g/mol. The van der Waals surface area contributed by atoms with Gasteiger partial charge in [-0.15, -0.1) is 0 Å². The highest BCUT2D eigenvalue weighted by atomic mass is 16.8. The van der Waals surface area contributed by atoms with Gasteiger partial charge in [-0.05, 0) is 0 Å². The smallest absolute Gasteiger partial charge is 0.392 e. The average molecular weight is 252 g/mol. The van der Waals surface area contributed by atoms with E-state index >= 15 is 0 Å². The van der Waals surface area contributed by atoms with E-state index in [1.807, 2.05) is 0 Å². The maximum absolute atomic E-state index is 11.9. The largest absolute Gasteiger partial charge is 0.443 e. The lowest BCUT2D eigenvalue weighted by Gasteiger charge is -2.24. The van der Waals surface area contributed by atoms with E-state index in [0.717, 1.165) is 13.8 Å². The Hall–Kier alpha value is -2.21. The predicted molar refractivity (Wildman–Crippen MR) is 59.3 cm³/mol. The fraction of sp³-hybridized carbons (Fsp3) is 0.250. The van der Waals surface area contributed by atoms with Gasteiger partial charge in [0.15, 0.2) is 0 Å². The Bertz CT molecular complexity index is 449. The van der Waals surface area contributed by atoms with Gasteiger partial charge in [0.2, 0.25) is 0 Å². The fourth-order valence-corrected chi connectivity index (χ4v) is 1.28. The Morgan fingerprint density at radius 3 is 1.83 bits per heavy atom. The molecule has 0 saturated heterocycles. The third-order valence-corrected chi connectivity index (χ3v) is 1.89. The normalized spacial score (nSPS) is 10.6. The molecule has 0 aliphatic carbocycles. The topological polar surface area (TPSA) is 89.9 Å². The maximum Gasteiger partial charge on any atom is 0.443 e. The van der Waals surface area contributed by atoms with Gasteiger partial charge in [-0.3, -0.25) is 14.4 Å². The molecule has 1 N–H and O–H groups in total. The van der Waals surface area contributed by atoms with Crippen LogP contribution in [-0.4, -0.2) is 28.8 Å². The second-order valence-electron chi connectivity index (χ2n) is 3.46. The summed E-state index contributed by atoms with van der Waals surface area (Å²) in [5.41, 5.74) is 0.0440. The zero-order chi connectivity index (χ0) is 13.8. The van der Waals surface area contributed by atoms with E-state index in [9.17, 15) is 19.5 Å². The highest BCUT2D eigenvalue weighted by molar-refractivity contribution is 6.02. The summed E-state index contributed by atoms with van der Waals surface area (Å²) < 4.78 is 8.78. The zero-order valence-electron chi connectivity index (χ0n) is 9.88. The lowest BCUT2D eigenvalue weighted by atomic mass is 10.1. The first-order chi connectivity index (χ1) is 8.35. The molecule has 6 heteroatoms. The van der Waals surface area contributed by atoms with Gasteiger partial charge in [-0.25, -0.2) is 0 Å². The van der Waals surface area contributed by atoms with Crippen LogP contribution in [0.2, 0.25) is 0 Å². The summed E-state index contributed by atoms with van der Waals surface area (Å²) >= 11 is 0. The molecule has 1 rings (SSSR count). The minimum atomic E-state index is -2.93. The number of aliphatic hydroxyl groups is 1. The summed E-state index contributed by atoms with van der Waals surface area (Å²) in [6.07, 6.45) is 0. The van der Waals surface area contributed by atoms with Crippen LogP contribution >= 0.6 is 0 Å². The van der Waals surface area contributed by atoms with Crippen LogP contribution in [0.5, 0.6) is 0 Å². The number of hydrogen-bond acceptors (Lipinski definition) is 6. The van der Waals surface area contributed by atoms with Gasteiger partial charge in [0, 0.05) is 19.4 Å². The second kappa shape index (κ2) is 5.42. The number of carbonyl (C=O) groups excluding carboxylic acids is 3. The van der Waals surface area contributed by atoms with Crippen LogP contribution in [0.3, 0.4) is 0 Å². The first-order valence-electron chi connectivity index (χ1n) is 5.06. The molecule has 18 heavy (non-hydrogen) atoms. The van der Waals surface area contributed by atoms with Gasteiger partial charge < -0.3 is 14.6 Å². The van der Waals surface area contributed by atoms with Gasteiger partial charge >= 0.3 is 17.9 Å². The number of rotatable bonds is 4. The molecule has 0 aromatic heterocycles. The SMILES string of the molecule is CC(=O)OC(O)(OC(C)=O)C(=O)c1ccccc1. The number of Topliss-reactive ketones (excluding diaryl/α,β-unsaturated/α-hetero) is 1. The minimum Gasteiger partial charge on any atom is -0.392 e. The molecule has 0 radical (unpaired) electrons. The summed E-state index contributed by atoms with van der Waals surface area (Å²) in [7, 11) is 0. The lowest BCUT2D eigenvalue weighted by molar-refractivity contribution is -0.289. The first kappa shape index (κ1) is 13.9. The Labute approximate surface area is 103 Å². The summed E-state index contributed by atoms with van der Waals surface area (Å²) in [5.74, 6) is -5.88. The molecule has 0 aliphatic rings. The van der Waals surface area contributed by atoms with Crippen LogP contribution in [0.4, 0.5) is 0 Å². The molecule has 0 saturated carbocycles. The van der Waals surface area contributed by atoms with E-state index in [0.29, 0.717) is 0 Å². The van der Waals surface area contributed by atoms with E-state index < -0.39 is 23.7 Å². The molecular weight excluding hydrogens is 240 g/mol. The molecule has 0 spiro atoms. The minimum absolute atomic E-state index is 0.0440. The van der Waals surface area contributed by atoms with Gasteiger partial charge in [-0.1, -0.05) is 30.3 Å². The van der Waals surface area contributed by atoms with E-state index in [2.05, 4.69) is 9.47 Å². The van der Waals surface area contributed by atoms with Gasteiger partial charge in [0.25, 0.3) is 5.78 Å². The van der Waals surface area contributed by atoms with Crippen molar-refractivity contribution in [3.63, 3.8) is 0 Å². The summed E-state index contributed by atoms with van der Waals surface area (Å²) in [4.78, 5) is 33.6. The van der Waals surface area contributed by atoms with Gasteiger partial charge in [-0.2, -0.15) is 0 Å². The average Bonchev–Trinajstić information content (AvgIpc) is 2.27. The van der Waals surface area contributed by atoms with Crippen molar-refractivity contribution >= 4 is 17.7 Å². The van der Waals surface area contributed by atoms with E-state index in [-0.39, 0.29) is 5.56 Å². The van der Waals surface area contributed by atoms with Crippen molar-refractivity contribution in [2.45, 2.75) is 19.8 Å². The van der Waals surface area contributed by atoms with Crippen molar-refractivity contribution in [1.82, 2.24) is 0 Å². The van der Waals surface area contributed by atoms with E-state index in [4.69, 9.17) is 0 Å².